The van der Waals surface area contributed by atoms with Gasteiger partial charge in [-0.2, -0.15) is 0 Å². The number of nitrogens with zero attached hydrogens (tertiary/aromatic N) is 1. The first-order valence-electron chi connectivity index (χ1n) is 23.2. The minimum atomic E-state index is -0.550. The lowest BCUT2D eigenvalue weighted by molar-refractivity contribution is -0.132. The lowest BCUT2D eigenvalue weighted by Gasteiger charge is -2.41. The van der Waals surface area contributed by atoms with Crippen LogP contribution < -0.4 is 0 Å². The van der Waals surface area contributed by atoms with Gasteiger partial charge in [-0.25, -0.2) is 0 Å². The molecule has 326 valence electrons. The van der Waals surface area contributed by atoms with Crippen LogP contribution in [-0.2, 0) is 14.3 Å². The maximum atomic E-state index is 14.1. The first-order valence-corrected chi connectivity index (χ1v) is 23.2. The number of methoxy groups -OCH3 is 1. The maximum Gasteiger partial charge on any atom is 0.252 e. The van der Waals surface area contributed by atoms with Gasteiger partial charge in [0.2, 0.25) is 0 Å². The van der Waals surface area contributed by atoms with Gasteiger partial charge in [-0.15, -0.1) is 0 Å². The van der Waals surface area contributed by atoms with E-state index in [0.29, 0.717) is 60.2 Å². The maximum absolute atomic E-state index is 14.1. The van der Waals surface area contributed by atoms with Gasteiger partial charge < -0.3 is 19.5 Å². The van der Waals surface area contributed by atoms with Crippen LogP contribution in [0.15, 0.2) is 96.2 Å². The second-order valence-electron chi connectivity index (χ2n) is 18.9. The normalized spacial score (nSPS) is 26.3. The van der Waals surface area contributed by atoms with Crippen LogP contribution in [0.2, 0.25) is 0 Å². The van der Waals surface area contributed by atoms with Crippen molar-refractivity contribution in [2.45, 2.75) is 176 Å². The van der Waals surface area contributed by atoms with Gasteiger partial charge in [0.15, 0.2) is 0 Å². The number of ether oxygens (including phenoxy) is 2. The fraction of sp³-hybridized carbons (Fsp3) is 0.679. The van der Waals surface area contributed by atoms with Crippen molar-refractivity contribution in [1.82, 2.24) is 4.90 Å². The molecule has 0 radical (unpaired) electrons. The molecule has 1 saturated carbocycles. The molecule has 2 saturated heterocycles. The second-order valence-corrected chi connectivity index (χ2v) is 18.9. The van der Waals surface area contributed by atoms with Crippen LogP contribution in [0.1, 0.15) is 151 Å². The molecular weight excluding hydrogens is 715 g/mol. The fourth-order valence-corrected chi connectivity index (χ4v) is 9.58. The molecule has 10 atom stereocenters. The molecule has 2 aliphatic heterocycles. The molecule has 5 nitrogen and oxygen atoms in total. The minimum Gasteiger partial charge on any atom is -0.388 e. The van der Waals surface area contributed by atoms with E-state index in [4.69, 9.17) is 16.1 Å². The van der Waals surface area contributed by atoms with Crippen LogP contribution >= 0.6 is 0 Å². The number of rotatable bonds is 23. The molecular formula is C53H85NO4. The van der Waals surface area contributed by atoms with Crippen molar-refractivity contribution in [3.63, 3.8) is 0 Å². The molecule has 3 aliphatic rings. The smallest absolute Gasteiger partial charge is 0.252 e. The van der Waals surface area contributed by atoms with Crippen LogP contribution in [0.5, 0.6) is 0 Å². The highest BCUT2D eigenvalue weighted by Crippen LogP contribution is 2.39. The number of aliphatic hydroxyl groups is 1. The third kappa shape index (κ3) is 16.4. The standard InChI is InChI=1S/C53H85NO4/c1-13-37(2)21-15-14-16-22-38(3)31-42(7)43(8)35-51(55)40(5)28-27-39(4)32-48(44(9)33-47-24-19-25-49(36-47)57-12)34-45(10)50-26-17-18-29-54(50)53(56)46(11)52-41(6)23-20-30-58-52/h14-16,21-22,28,38,41-42,44,47-52,55H,4,8,10-11,13,17-20,23-27,29-36H2,1-3,5-7,9,12H3/b15-14+,22-16+,37-21+,40-28+/t38-,41?,42?,44?,47?,48?,49?,50?,51?,52?/m1/s1. The van der Waals surface area contributed by atoms with Crippen molar-refractivity contribution < 1.29 is 19.4 Å². The zero-order chi connectivity index (χ0) is 42.8. The van der Waals surface area contributed by atoms with E-state index >= 15 is 0 Å². The third-order valence-corrected chi connectivity index (χ3v) is 13.8. The van der Waals surface area contributed by atoms with Crippen LogP contribution in [0.4, 0.5) is 0 Å². The van der Waals surface area contributed by atoms with Gasteiger partial charge in [-0.3, -0.25) is 4.79 Å². The van der Waals surface area contributed by atoms with Gasteiger partial charge in [-0.1, -0.05) is 133 Å². The molecule has 0 aromatic carbocycles. The van der Waals surface area contributed by atoms with E-state index in [9.17, 15) is 9.90 Å². The highest BCUT2D eigenvalue weighted by Gasteiger charge is 2.36. The van der Waals surface area contributed by atoms with Crippen LogP contribution in [0.3, 0.4) is 0 Å². The van der Waals surface area contributed by atoms with Gasteiger partial charge in [-0.05, 0) is 145 Å². The predicted molar refractivity (Wildman–Crippen MR) is 248 cm³/mol. The number of piperidine rings is 1. The SMILES string of the molecule is C=C(C/C=C(\C)C(O)CC(=C)C(C)C[C@H](C)/C=C/C=C/C=C(\C)CC)CC(CC(=C)C1CCCCN1C(=O)C(=C)C1OCCCC1C)C(C)CC1CCCC(OC)C1. The number of aliphatic hydroxyl groups excluding tert-OH is 1. The Kier molecular flexibility index (Phi) is 22.1. The van der Waals surface area contributed by atoms with Gasteiger partial charge >= 0.3 is 0 Å². The van der Waals surface area contributed by atoms with E-state index in [1.807, 2.05) is 14.0 Å². The summed E-state index contributed by atoms with van der Waals surface area (Å²) >= 11 is 0. The highest BCUT2D eigenvalue weighted by molar-refractivity contribution is 5.94. The Morgan fingerprint density at radius 2 is 1.71 bits per heavy atom. The highest BCUT2D eigenvalue weighted by atomic mass is 16.5. The van der Waals surface area contributed by atoms with Crippen molar-refractivity contribution in [3.8, 4) is 0 Å². The minimum absolute atomic E-state index is 0.0216. The summed E-state index contributed by atoms with van der Waals surface area (Å²) in [7, 11) is 1.86. The first-order chi connectivity index (χ1) is 27.6. The average Bonchev–Trinajstić information content (AvgIpc) is 3.21. The Labute approximate surface area is 356 Å². The van der Waals surface area contributed by atoms with Crippen LogP contribution in [0.25, 0.3) is 0 Å². The average molecular weight is 800 g/mol. The molecule has 2 heterocycles. The van der Waals surface area contributed by atoms with Gasteiger partial charge in [0.25, 0.3) is 5.91 Å². The number of hydrogen-bond acceptors (Lipinski definition) is 4. The fourth-order valence-electron chi connectivity index (χ4n) is 9.58. The Morgan fingerprint density at radius 1 is 0.948 bits per heavy atom. The summed E-state index contributed by atoms with van der Waals surface area (Å²) in [6, 6.07) is 0.0216. The van der Waals surface area contributed by atoms with E-state index in [1.54, 1.807) is 0 Å². The number of hydrogen-bond donors (Lipinski definition) is 1. The van der Waals surface area contributed by atoms with Gasteiger partial charge in [0.05, 0.1) is 24.4 Å². The summed E-state index contributed by atoms with van der Waals surface area (Å²) < 4.78 is 11.9. The molecule has 58 heavy (non-hydrogen) atoms. The van der Waals surface area contributed by atoms with Crippen molar-refractivity contribution in [2.75, 3.05) is 20.3 Å². The van der Waals surface area contributed by atoms with Crippen LogP contribution in [0, 0.1) is 35.5 Å². The molecule has 9 unspecified atom stereocenters. The summed E-state index contributed by atoms with van der Waals surface area (Å²) in [6.45, 7) is 34.9. The monoisotopic (exact) mass is 800 g/mol. The zero-order valence-corrected chi connectivity index (χ0v) is 38.4. The number of carbonyl (C=O) groups excluding carboxylic acids is 1. The van der Waals surface area contributed by atoms with Crippen molar-refractivity contribution in [2.24, 2.45) is 35.5 Å². The van der Waals surface area contributed by atoms with Gasteiger partial charge in [0, 0.05) is 25.8 Å². The molecule has 3 rings (SSSR count). The molecule has 3 fully saturated rings. The zero-order valence-electron chi connectivity index (χ0n) is 38.4. The summed E-state index contributed by atoms with van der Waals surface area (Å²) in [5.41, 5.74) is 6.42. The topological polar surface area (TPSA) is 59.0 Å². The predicted octanol–water partition coefficient (Wildman–Crippen LogP) is 13.3. The van der Waals surface area contributed by atoms with Crippen LogP contribution in [-0.4, -0.2) is 60.5 Å². The molecule has 1 N–H and O–H groups in total. The Hall–Kier alpha value is -2.73. The quantitative estimate of drug-likeness (QED) is 0.0635. The van der Waals surface area contributed by atoms with E-state index in [0.717, 1.165) is 100 Å². The van der Waals surface area contributed by atoms with Crippen molar-refractivity contribution >= 4 is 5.91 Å². The number of likely N-dealkylation sites (tertiary alicyclic amines) is 1. The Morgan fingerprint density at radius 3 is 2.41 bits per heavy atom. The summed E-state index contributed by atoms with van der Waals surface area (Å²) in [6.07, 6.45) is 28.9. The number of carbonyl (C=O) groups is 1. The van der Waals surface area contributed by atoms with Gasteiger partial charge in [0.1, 0.15) is 0 Å². The molecule has 1 amide bonds. The molecule has 0 spiro atoms. The first kappa shape index (κ1) is 49.6. The molecule has 0 bridgehead atoms. The molecule has 0 aromatic rings. The summed E-state index contributed by atoms with van der Waals surface area (Å²) in [5.74, 6) is 2.60. The van der Waals surface area contributed by atoms with E-state index < -0.39 is 6.10 Å². The molecule has 1 aliphatic carbocycles. The van der Waals surface area contributed by atoms with Crippen molar-refractivity contribution in [3.05, 3.63) is 96.2 Å². The second kappa shape index (κ2) is 25.8. The van der Waals surface area contributed by atoms with Crippen molar-refractivity contribution in [1.29, 1.82) is 0 Å². The molecule has 5 heteroatoms. The number of allylic oxidation sites excluding steroid dienone is 8. The summed E-state index contributed by atoms with van der Waals surface area (Å²) in [4.78, 5) is 16.1. The largest absolute Gasteiger partial charge is 0.388 e. The van der Waals surface area contributed by atoms with E-state index in [-0.39, 0.29) is 18.1 Å². The third-order valence-electron chi connectivity index (χ3n) is 13.8. The lowest BCUT2D eigenvalue weighted by Crippen LogP contribution is -2.48. The van der Waals surface area contributed by atoms with E-state index in [2.05, 4.69) is 103 Å². The molecule has 0 aromatic heterocycles. The Balaban J connectivity index is 1.65. The lowest BCUT2D eigenvalue weighted by atomic mass is 9.74. The Bertz CT molecular complexity index is 1460. The summed E-state index contributed by atoms with van der Waals surface area (Å²) in [5, 5.41) is 11.3. The van der Waals surface area contributed by atoms with E-state index in [1.165, 1.54) is 30.4 Å². The number of amides is 1.